The Morgan fingerprint density at radius 3 is 2.85 bits per heavy atom. The Kier molecular flexibility index (Phi) is 2.63. The maximum atomic E-state index is 4.69. The Bertz CT molecular complexity index is 784. The predicted octanol–water partition coefficient (Wildman–Crippen LogP) is 1.73. The number of benzene rings is 1. The van der Waals surface area contributed by atoms with E-state index in [0.717, 1.165) is 47.6 Å². The molecule has 20 heavy (non-hydrogen) atoms. The van der Waals surface area contributed by atoms with E-state index in [4.69, 9.17) is 4.98 Å². The van der Waals surface area contributed by atoms with Gasteiger partial charge in [-0.3, -0.25) is 9.97 Å². The molecular formula is C15H13N5. The highest BCUT2D eigenvalue weighted by Crippen LogP contribution is 2.21. The summed E-state index contributed by atoms with van der Waals surface area (Å²) in [5.41, 5.74) is 5.08. The second-order valence-electron chi connectivity index (χ2n) is 4.85. The summed E-state index contributed by atoms with van der Waals surface area (Å²) in [6, 6.07) is 5.95. The number of hydrogen-bond donors (Lipinski definition) is 1. The van der Waals surface area contributed by atoms with Gasteiger partial charge in [-0.2, -0.15) is 0 Å². The summed E-state index contributed by atoms with van der Waals surface area (Å²) >= 11 is 0. The lowest BCUT2D eigenvalue weighted by molar-refractivity contribution is 0.626. The lowest BCUT2D eigenvalue weighted by atomic mass is 10.1. The van der Waals surface area contributed by atoms with Crippen LogP contribution in [0.1, 0.15) is 11.3 Å². The van der Waals surface area contributed by atoms with Gasteiger partial charge in [0.15, 0.2) is 5.82 Å². The zero-order chi connectivity index (χ0) is 13.4. The maximum absolute atomic E-state index is 4.69. The molecule has 1 N–H and O–H groups in total. The highest BCUT2D eigenvalue weighted by molar-refractivity contribution is 5.79. The fourth-order valence-electron chi connectivity index (χ4n) is 2.48. The monoisotopic (exact) mass is 263 g/mol. The topological polar surface area (TPSA) is 63.6 Å². The Morgan fingerprint density at radius 1 is 1.00 bits per heavy atom. The lowest BCUT2D eigenvalue weighted by Gasteiger charge is -2.16. The molecule has 3 heterocycles. The van der Waals surface area contributed by atoms with Crippen molar-refractivity contribution in [2.75, 3.05) is 6.54 Å². The number of hydrogen-bond acceptors (Lipinski definition) is 5. The van der Waals surface area contributed by atoms with Crippen molar-refractivity contribution >= 4 is 11.0 Å². The largest absolute Gasteiger partial charge is 0.312 e. The molecule has 0 amide bonds. The van der Waals surface area contributed by atoms with Crippen LogP contribution >= 0.6 is 0 Å². The molecule has 0 radical (unpaired) electrons. The Balaban J connectivity index is 1.82. The summed E-state index contributed by atoms with van der Waals surface area (Å²) in [6.07, 6.45) is 6.28. The van der Waals surface area contributed by atoms with E-state index < -0.39 is 0 Å². The molecule has 5 heteroatoms. The maximum Gasteiger partial charge on any atom is 0.159 e. The summed E-state index contributed by atoms with van der Waals surface area (Å²) in [5, 5.41) is 3.33. The molecule has 3 aromatic rings. The molecule has 1 aliphatic heterocycles. The van der Waals surface area contributed by atoms with Crippen molar-refractivity contribution < 1.29 is 0 Å². The Morgan fingerprint density at radius 2 is 1.90 bits per heavy atom. The molecule has 1 aliphatic rings. The summed E-state index contributed by atoms with van der Waals surface area (Å²) in [6.45, 7) is 1.84. The molecule has 0 bridgehead atoms. The van der Waals surface area contributed by atoms with Crippen LogP contribution in [0.2, 0.25) is 0 Å². The van der Waals surface area contributed by atoms with Crippen LogP contribution in [0.15, 0.2) is 36.8 Å². The van der Waals surface area contributed by atoms with Crippen LogP contribution in [0.5, 0.6) is 0 Å². The van der Waals surface area contributed by atoms with Crippen molar-refractivity contribution in [2.24, 2.45) is 0 Å². The van der Waals surface area contributed by atoms with E-state index in [2.05, 4.69) is 20.3 Å². The minimum Gasteiger partial charge on any atom is -0.312 e. The number of rotatable bonds is 1. The summed E-state index contributed by atoms with van der Waals surface area (Å²) in [4.78, 5) is 17.8. The first-order valence-electron chi connectivity index (χ1n) is 6.67. The molecule has 0 saturated carbocycles. The van der Waals surface area contributed by atoms with Gasteiger partial charge in [-0.15, -0.1) is 0 Å². The minimum absolute atomic E-state index is 0.762. The molecule has 0 saturated heterocycles. The quantitative estimate of drug-likeness (QED) is 0.724. The number of fused-ring (bicyclic) bond motifs is 2. The van der Waals surface area contributed by atoms with Gasteiger partial charge >= 0.3 is 0 Å². The number of aromatic nitrogens is 4. The molecule has 5 nitrogen and oxygen atoms in total. The Hall–Kier alpha value is -2.40. The first-order valence-corrected chi connectivity index (χ1v) is 6.67. The van der Waals surface area contributed by atoms with Crippen molar-refractivity contribution in [3.8, 4) is 11.4 Å². The van der Waals surface area contributed by atoms with Crippen LogP contribution in [-0.4, -0.2) is 26.5 Å². The molecule has 1 aromatic carbocycles. The SMILES string of the molecule is c1cnc2cc(-c3ncc4c(n3)CCNC4)ccc2n1. The first-order chi connectivity index (χ1) is 9.90. The highest BCUT2D eigenvalue weighted by atomic mass is 14.9. The van der Waals surface area contributed by atoms with Crippen molar-refractivity contribution in [3.63, 3.8) is 0 Å². The molecule has 0 atom stereocenters. The normalized spacial score (nSPS) is 14.2. The van der Waals surface area contributed by atoms with E-state index in [9.17, 15) is 0 Å². The van der Waals surface area contributed by atoms with E-state index in [0.29, 0.717) is 0 Å². The molecule has 98 valence electrons. The van der Waals surface area contributed by atoms with Crippen LogP contribution in [0.25, 0.3) is 22.4 Å². The second-order valence-corrected chi connectivity index (χ2v) is 4.85. The van der Waals surface area contributed by atoms with Gasteiger partial charge in [-0.1, -0.05) is 0 Å². The van der Waals surface area contributed by atoms with Crippen LogP contribution in [0.3, 0.4) is 0 Å². The summed E-state index contributed by atoms with van der Waals surface area (Å²) < 4.78 is 0. The highest BCUT2D eigenvalue weighted by Gasteiger charge is 2.12. The Labute approximate surface area is 116 Å². The van der Waals surface area contributed by atoms with Gasteiger partial charge in [0.1, 0.15) is 0 Å². The average Bonchev–Trinajstić information content (AvgIpc) is 2.54. The van der Waals surface area contributed by atoms with Crippen molar-refractivity contribution in [2.45, 2.75) is 13.0 Å². The van der Waals surface area contributed by atoms with Gasteiger partial charge in [0, 0.05) is 49.2 Å². The average molecular weight is 263 g/mol. The van der Waals surface area contributed by atoms with Gasteiger partial charge in [0.2, 0.25) is 0 Å². The van der Waals surface area contributed by atoms with E-state index in [1.807, 2.05) is 24.4 Å². The van der Waals surface area contributed by atoms with Crippen LogP contribution in [-0.2, 0) is 13.0 Å². The smallest absolute Gasteiger partial charge is 0.159 e. The first kappa shape index (κ1) is 11.4. The summed E-state index contributed by atoms with van der Waals surface area (Å²) in [5.74, 6) is 0.762. The van der Waals surface area contributed by atoms with Gasteiger partial charge in [-0.05, 0) is 18.2 Å². The molecule has 0 aliphatic carbocycles. The molecule has 0 spiro atoms. The molecule has 4 rings (SSSR count). The third kappa shape index (κ3) is 1.92. The fourth-order valence-corrected chi connectivity index (χ4v) is 2.48. The van der Waals surface area contributed by atoms with E-state index >= 15 is 0 Å². The predicted molar refractivity (Wildman–Crippen MR) is 76.0 cm³/mol. The lowest BCUT2D eigenvalue weighted by Crippen LogP contribution is -2.24. The zero-order valence-electron chi connectivity index (χ0n) is 10.9. The van der Waals surface area contributed by atoms with Crippen LogP contribution in [0, 0.1) is 0 Å². The zero-order valence-corrected chi connectivity index (χ0v) is 10.9. The molecule has 0 unspecified atom stereocenters. The van der Waals surface area contributed by atoms with E-state index in [1.165, 1.54) is 5.56 Å². The van der Waals surface area contributed by atoms with E-state index in [-0.39, 0.29) is 0 Å². The van der Waals surface area contributed by atoms with E-state index in [1.54, 1.807) is 12.4 Å². The standard InChI is InChI=1S/C15H13N5/c1-2-13-14(18-6-5-17-13)7-10(1)15-19-9-11-8-16-4-3-12(11)20-15/h1-2,5-7,9,16H,3-4,8H2. The van der Waals surface area contributed by atoms with Gasteiger partial charge in [-0.25, -0.2) is 9.97 Å². The van der Waals surface area contributed by atoms with Gasteiger partial charge < -0.3 is 5.32 Å². The number of nitrogens with one attached hydrogen (secondary N) is 1. The fraction of sp³-hybridized carbons (Fsp3) is 0.200. The third-order valence-electron chi connectivity index (χ3n) is 3.54. The van der Waals surface area contributed by atoms with Crippen LogP contribution < -0.4 is 5.32 Å². The molecule has 0 fully saturated rings. The van der Waals surface area contributed by atoms with Crippen molar-refractivity contribution in [1.29, 1.82) is 0 Å². The molecule has 2 aromatic heterocycles. The third-order valence-corrected chi connectivity index (χ3v) is 3.54. The minimum atomic E-state index is 0.762. The number of nitrogens with zero attached hydrogens (tertiary/aromatic N) is 4. The second kappa shape index (κ2) is 4.61. The van der Waals surface area contributed by atoms with Crippen LogP contribution in [0.4, 0.5) is 0 Å². The summed E-state index contributed by atoms with van der Waals surface area (Å²) in [7, 11) is 0. The van der Waals surface area contributed by atoms with Crippen molar-refractivity contribution in [1.82, 2.24) is 25.3 Å². The van der Waals surface area contributed by atoms with Gasteiger partial charge in [0.05, 0.1) is 16.7 Å². The molecular weight excluding hydrogens is 250 g/mol. The van der Waals surface area contributed by atoms with Gasteiger partial charge in [0.25, 0.3) is 0 Å². The van der Waals surface area contributed by atoms with Crippen molar-refractivity contribution in [3.05, 3.63) is 48.0 Å².